The molecule has 2 rings (SSSR count). The van der Waals surface area contributed by atoms with Crippen LogP contribution in [0.5, 0.6) is 0 Å². The zero-order valence-electron chi connectivity index (χ0n) is 11.4. The topological polar surface area (TPSA) is 47.0 Å². The van der Waals surface area contributed by atoms with Crippen molar-refractivity contribution < 1.29 is 4.74 Å². The van der Waals surface area contributed by atoms with Crippen LogP contribution >= 0.6 is 0 Å². The van der Waals surface area contributed by atoms with E-state index in [2.05, 4.69) is 22.2 Å². The predicted molar refractivity (Wildman–Crippen MR) is 71.3 cm³/mol. The molecule has 0 amide bonds. The van der Waals surface area contributed by atoms with E-state index in [-0.39, 0.29) is 0 Å². The fraction of sp³-hybridized carbons (Fsp3) is 0.714. The standard InChI is InChI=1S/C14H23N3O/c1-3-15-14(10-12-5-8-18-9-6-12)13-4-7-16-11(2)17-13/h4,7,12,14-15H,3,5-6,8-10H2,1-2H3. The molecule has 0 aromatic carbocycles. The van der Waals surface area contributed by atoms with Crippen molar-refractivity contribution in [1.29, 1.82) is 0 Å². The van der Waals surface area contributed by atoms with Gasteiger partial charge in [0.05, 0.1) is 5.69 Å². The summed E-state index contributed by atoms with van der Waals surface area (Å²) in [7, 11) is 0. The van der Waals surface area contributed by atoms with Crippen LogP contribution in [-0.2, 0) is 4.74 Å². The average molecular weight is 249 g/mol. The van der Waals surface area contributed by atoms with Gasteiger partial charge in [0.25, 0.3) is 0 Å². The Bertz CT molecular complexity index is 364. The molecule has 1 fully saturated rings. The minimum absolute atomic E-state index is 0.347. The minimum atomic E-state index is 0.347. The van der Waals surface area contributed by atoms with Crippen molar-refractivity contribution in [1.82, 2.24) is 15.3 Å². The number of aromatic nitrogens is 2. The quantitative estimate of drug-likeness (QED) is 0.869. The lowest BCUT2D eigenvalue weighted by Crippen LogP contribution is -2.27. The van der Waals surface area contributed by atoms with Gasteiger partial charge < -0.3 is 10.1 Å². The van der Waals surface area contributed by atoms with Crippen LogP contribution in [0.1, 0.15) is 43.7 Å². The Labute approximate surface area is 109 Å². The van der Waals surface area contributed by atoms with E-state index in [4.69, 9.17) is 4.74 Å². The van der Waals surface area contributed by atoms with Crippen molar-refractivity contribution in [2.45, 2.75) is 39.2 Å². The van der Waals surface area contributed by atoms with Crippen molar-refractivity contribution >= 4 is 0 Å². The molecule has 0 saturated carbocycles. The second-order valence-corrected chi connectivity index (χ2v) is 4.93. The Hall–Kier alpha value is -1.00. The Kier molecular flexibility index (Phi) is 5.08. The minimum Gasteiger partial charge on any atom is -0.381 e. The second-order valence-electron chi connectivity index (χ2n) is 4.93. The maximum atomic E-state index is 5.42. The molecular formula is C14H23N3O. The van der Waals surface area contributed by atoms with Gasteiger partial charge in [-0.25, -0.2) is 9.97 Å². The number of nitrogens with one attached hydrogen (secondary N) is 1. The first-order chi connectivity index (χ1) is 8.79. The SMILES string of the molecule is CCNC(CC1CCOCC1)c1ccnc(C)n1. The molecule has 1 atom stereocenters. The Morgan fingerprint density at radius 2 is 2.22 bits per heavy atom. The number of ether oxygens (including phenoxy) is 1. The molecule has 1 saturated heterocycles. The lowest BCUT2D eigenvalue weighted by atomic mass is 9.91. The highest BCUT2D eigenvalue weighted by atomic mass is 16.5. The first-order valence-electron chi connectivity index (χ1n) is 6.90. The van der Waals surface area contributed by atoms with E-state index in [1.165, 1.54) is 12.8 Å². The van der Waals surface area contributed by atoms with Gasteiger partial charge in [-0.1, -0.05) is 6.92 Å². The molecule has 4 nitrogen and oxygen atoms in total. The highest BCUT2D eigenvalue weighted by Crippen LogP contribution is 2.26. The molecular weight excluding hydrogens is 226 g/mol. The summed E-state index contributed by atoms with van der Waals surface area (Å²) in [6, 6.07) is 2.37. The van der Waals surface area contributed by atoms with E-state index in [0.717, 1.165) is 43.6 Å². The zero-order valence-corrected chi connectivity index (χ0v) is 11.4. The summed E-state index contributed by atoms with van der Waals surface area (Å²) in [5, 5.41) is 3.54. The van der Waals surface area contributed by atoms with Gasteiger partial charge in [-0.05, 0) is 44.7 Å². The van der Waals surface area contributed by atoms with Gasteiger partial charge in [0.1, 0.15) is 5.82 Å². The molecule has 0 aliphatic carbocycles. The monoisotopic (exact) mass is 249 g/mol. The smallest absolute Gasteiger partial charge is 0.125 e. The van der Waals surface area contributed by atoms with Gasteiger partial charge >= 0.3 is 0 Å². The maximum absolute atomic E-state index is 5.42. The van der Waals surface area contributed by atoms with Crippen molar-refractivity contribution in [3.63, 3.8) is 0 Å². The maximum Gasteiger partial charge on any atom is 0.125 e. The molecule has 2 heterocycles. The number of aryl methyl sites for hydroxylation is 1. The summed E-state index contributed by atoms with van der Waals surface area (Å²) in [5.41, 5.74) is 1.12. The summed E-state index contributed by atoms with van der Waals surface area (Å²) in [6.45, 7) is 6.88. The summed E-state index contributed by atoms with van der Waals surface area (Å²) in [6.07, 6.45) is 5.34. The Morgan fingerprint density at radius 3 is 2.89 bits per heavy atom. The van der Waals surface area contributed by atoms with Gasteiger partial charge in [0, 0.05) is 25.5 Å². The van der Waals surface area contributed by atoms with Crippen molar-refractivity contribution in [2.75, 3.05) is 19.8 Å². The van der Waals surface area contributed by atoms with Crippen LogP contribution in [0.15, 0.2) is 12.3 Å². The van der Waals surface area contributed by atoms with Gasteiger partial charge in [-0.15, -0.1) is 0 Å². The summed E-state index contributed by atoms with van der Waals surface area (Å²) < 4.78 is 5.42. The number of hydrogen-bond acceptors (Lipinski definition) is 4. The normalized spacial score (nSPS) is 18.8. The Morgan fingerprint density at radius 1 is 1.44 bits per heavy atom. The molecule has 1 aliphatic heterocycles. The van der Waals surface area contributed by atoms with Gasteiger partial charge in [0.2, 0.25) is 0 Å². The second kappa shape index (κ2) is 6.81. The molecule has 4 heteroatoms. The molecule has 0 radical (unpaired) electrons. The third kappa shape index (κ3) is 3.75. The van der Waals surface area contributed by atoms with E-state index < -0.39 is 0 Å². The molecule has 1 aromatic rings. The predicted octanol–water partition coefficient (Wildman–Crippen LogP) is 2.25. The molecule has 0 spiro atoms. The number of rotatable bonds is 5. The Balaban J connectivity index is 2.02. The van der Waals surface area contributed by atoms with E-state index in [9.17, 15) is 0 Å². The molecule has 1 unspecified atom stereocenters. The largest absolute Gasteiger partial charge is 0.381 e. The van der Waals surface area contributed by atoms with E-state index in [0.29, 0.717) is 6.04 Å². The van der Waals surface area contributed by atoms with E-state index in [1.54, 1.807) is 0 Å². The lowest BCUT2D eigenvalue weighted by molar-refractivity contribution is 0.0604. The molecule has 0 bridgehead atoms. The lowest BCUT2D eigenvalue weighted by Gasteiger charge is -2.27. The molecule has 100 valence electrons. The summed E-state index contributed by atoms with van der Waals surface area (Å²) in [4.78, 5) is 8.72. The van der Waals surface area contributed by atoms with Crippen LogP contribution in [0, 0.1) is 12.8 Å². The van der Waals surface area contributed by atoms with E-state index >= 15 is 0 Å². The fourth-order valence-corrected chi connectivity index (χ4v) is 2.54. The molecule has 1 aromatic heterocycles. The third-order valence-electron chi connectivity index (χ3n) is 3.52. The number of nitrogens with zero attached hydrogens (tertiary/aromatic N) is 2. The van der Waals surface area contributed by atoms with E-state index in [1.807, 2.05) is 19.2 Å². The molecule has 1 N–H and O–H groups in total. The van der Waals surface area contributed by atoms with Crippen molar-refractivity contribution in [2.24, 2.45) is 5.92 Å². The first-order valence-corrected chi connectivity index (χ1v) is 6.90. The summed E-state index contributed by atoms with van der Waals surface area (Å²) in [5.74, 6) is 1.60. The third-order valence-corrected chi connectivity index (χ3v) is 3.52. The first kappa shape index (κ1) is 13.4. The zero-order chi connectivity index (χ0) is 12.8. The van der Waals surface area contributed by atoms with Gasteiger partial charge in [-0.3, -0.25) is 0 Å². The van der Waals surface area contributed by atoms with Crippen LogP contribution in [0.4, 0.5) is 0 Å². The van der Waals surface area contributed by atoms with Crippen LogP contribution in [-0.4, -0.2) is 29.7 Å². The van der Waals surface area contributed by atoms with Gasteiger partial charge in [-0.2, -0.15) is 0 Å². The molecule has 1 aliphatic rings. The van der Waals surface area contributed by atoms with Crippen LogP contribution in [0.3, 0.4) is 0 Å². The fourth-order valence-electron chi connectivity index (χ4n) is 2.54. The highest BCUT2D eigenvalue weighted by molar-refractivity contribution is 5.07. The van der Waals surface area contributed by atoms with Gasteiger partial charge in [0.15, 0.2) is 0 Å². The summed E-state index contributed by atoms with van der Waals surface area (Å²) >= 11 is 0. The molecule has 18 heavy (non-hydrogen) atoms. The highest BCUT2D eigenvalue weighted by Gasteiger charge is 2.20. The van der Waals surface area contributed by atoms with Crippen molar-refractivity contribution in [3.05, 3.63) is 23.8 Å². The number of hydrogen-bond donors (Lipinski definition) is 1. The average Bonchev–Trinajstić information content (AvgIpc) is 2.39. The van der Waals surface area contributed by atoms with Crippen molar-refractivity contribution in [3.8, 4) is 0 Å². The van der Waals surface area contributed by atoms with Crippen LogP contribution in [0.2, 0.25) is 0 Å². The van der Waals surface area contributed by atoms with Crippen LogP contribution in [0.25, 0.3) is 0 Å². The van der Waals surface area contributed by atoms with Crippen LogP contribution < -0.4 is 5.32 Å².